The van der Waals surface area contributed by atoms with Gasteiger partial charge >= 0.3 is 0 Å². The van der Waals surface area contributed by atoms with Gasteiger partial charge in [-0.3, -0.25) is 9.69 Å². The van der Waals surface area contributed by atoms with Crippen molar-refractivity contribution in [2.24, 2.45) is 0 Å². The third-order valence-corrected chi connectivity index (χ3v) is 8.15. The zero-order valence-corrected chi connectivity index (χ0v) is 18.3. The predicted molar refractivity (Wildman–Crippen MR) is 114 cm³/mol. The summed E-state index contributed by atoms with van der Waals surface area (Å²) in [5.41, 5.74) is 4.27. The van der Waals surface area contributed by atoms with E-state index < -0.39 is 9.84 Å². The summed E-state index contributed by atoms with van der Waals surface area (Å²) in [7, 11) is -2.88. The molecule has 7 heteroatoms. The van der Waals surface area contributed by atoms with Crippen molar-refractivity contribution in [3.05, 3.63) is 35.1 Å². The SMILES string of the molecule is Cc1cc2occ(CC(=O)N3CCN(C4CCS(=O)(=O)C4)CC3)c2cc1C(C)C. The Kier molecular flexibility index (Phi) is 5.46. The lowest BCUT2D eigenvalue weighted by Crippen LogP contribution is -2.52. The first-order chi connectivity index (χ1) is 13.7. The van der Waals surface area contributed by atoms with Gasteiger partial charge in [0.05, 0.1) is 24.2 Å². The second kappa shape index (κ2) is 7.76. The van der Waals surface area contributed by atoms with Gasteiger partial charge in [0.15, 0.2) is 9.84 Å². The maximum Gasteiger partial charge on any atom is 0.227 e. The highest BCUT2D eigenvalue weighted by Crippen LogP contribution is 2.29. The number of carbonyl (C=O) groups is 1. The molecule has 0 aliphatic carbocycles. The highest BCUT2D eigenvalue weighted by atomic mass is 32.2. The number of furan rings is 1. The van der Waals surface area contributed by atoms with E-state index in [-0.39, 0.29) is 17.7 Å². The van der Waals surface area contributed by atoms with Crippen LogP contribution in [0.4, 0.5) is 0 Å². The summed E-state index contributed by atoms with van der Waals surface area (Å²) in [4.78, 5) is 17.0. The zero-order valence-electron chi connectivity index (χ0n) is 17.5. The molecule has 1 aromatic heterocycles. The molecule has 158 valence electrons. The molecule has 2 aliphatic rings. The number of piperazine rings is 1. The standard InChI is InChI=1S/C22H30N2O4S/c1-15(2)19-12-20-17(13-28-21(20)10-16(19)3)11-22(25)24-7-5-23(6-8-24)18-4-9-29(26,27)14-18/h10,12-13,15,18H,4-9,11,14H2,1-3H3. The van der Waals surface area contributed by atoms with Crippen molar-refractivity contribution in [2.45, 2.75) is 45.6 Å². The lowest BCUT2D eigenvalue weighted by atomic mass is 9.95. The average Bonchev–Trinajstić information content (AvgIpc) is 3.23. The number of carbonyl (C=O) groups excluding carboxylic acids is 1. The van der Waals surface area contributed by atoms with E-state index >= 15 is 0 Å². The Hall–Kier alpha value is -1.86. The molecule has 0 bridgehead atoms. The minimum atomic E-state index is -2.88. The molecular weight excluding hydrogens is 388 g/mol. The molecule has 2 fully saturated rings. The number of amides is 1. The van der Waals surface area contributed by atoms with Crippen LogP contribution in [-0.2, 0) is 21.1 Å². The summed E-state index contributed by atoms with van der Waals surface area (Å²) in [5, 5.41) is 1.03. The smallest absolute Gasteiger partial charge is 0.227 e. The average molecular weight is 419 g/mol. The molecule has 2 aliphatic heterocycles. The molecule has 3 heterocycles. The van der Waals surface area contributed by atoms with Crippen LogP contribution in [0.1, 0.15) is 42.9 Å². The normalized spacial score (nSPS) is 22.6. The van der Waals surface area contributed by atoms with Gasteiger partial charge in [-0.1, -0.05) is 13.8 Å². The van der Waals surface area contributed by atoms with Crippen molar-refractivity contribution in [2.75, 3.05) is 37.7 Å². The van der Waals surface area contributed by atoms with E-state index in [4.69, 9.17) is 4.42 Å². The molecule has 1 unspecified atom stereocenters. The fourth-order valence-corrected chi connectivity index (χ4v) is 6.44. The van der Waals surface area contributed by atoms with Crippen LogP contribution in [0, 0.1) is 6.92 Å². The number of benzene rings is 1. The topological polar surface area (TPSA) is 70.8 Å². The van der Waals surface area contributed by atoms with Gasteiger partial charge in [0.25, 0.3) is 0 Å². The molecule has 2 saturated heterocycles. The van der Waals surface area contributed by atoms with Crippen LogP contribution < -0.4 is 0 Å². The molecule has 1 amide bonds. The molecular formula is C22H30N2O4S. The Balaban J connectivity index is 1.41. The van der Waals surface area contributed by atoms with Crippen molar-refractivity contribution in [1.29, 1.82) is 0 Å². The fraction of sp³-hybridized carbons (Fsp3) is 0.591. The van der Waals surface area contributed by atoms with Gasteiger partial charge in [0, 0.05) is 43.2 Å². The summed E-state index contributed by atoms with van der Waals surface area (Å²) >= 11 is 0. The van der Waals surface area contributed by atoms with Gasteiger partial charge in [-0.2, -0.15) is 0 Å². The van der Waals surface area contributed by atoms with Crippen molar-refractivity contribution >= 4 is 26.7 Å². The van der Waals surface area contributed by atoms with E-state index in [2.05, 4.69) is 37.8 Å². The van der Waals surface area contributed by atoms with E-state index in [9.17, 15) is 13.2 Å². The van der Waals surface area contributed by atoms with Crippen molar-refractivity contribution in [1.82, 2.24) is 9.80 Å². The fourth-order valence-electron chi connectivity index (χ4n) is 4.68. The number of fused-ring (bicyclic) bond motifs is 1. The molecule has 4 rings (SSSR count). The molecule has 0 spiro atoms. The van der Waals surface area contributed by atoms with Crippen molar-refractivity contribution in [3.63, 3.8) is 0 Å². The van der Waals surface area contributed by atoms with Gasteiger partial charge in [-0.05, 0) is 42.5 Å². The first-order valence-electron chi connectivity index (χ1n) is 10.5. The van der Waals surface area contributed by atoms with E-state index in [1.165, 1.54) is 11.1 Å². The molecule has 6 nitrogen and oxygen atoms in total. The Morgan fingerprint density at radius 3 is 2.55 bits per heavy atom. The van der Waals surface area contributed by atoms with E-state index in [1.54, 1.807) is 6.26 Å². The Morgan fingerprint density at radius 2 is 1.93 bits per heavy atom. The van der Waals surface area contributed by atoms with Crippen LogP contribution in [0.25, 0.3) is 11.0 Å². The minimum Gasteiger partial charge on any atom is -0.464 e. The third-order valence-electron chi connectivity index (χ3n) is 6.40. The first kappa shape index (κ1) is 20.4. The van der Waals surface area contributed by atoms with E-state index in [1.807, 2.05) is 4.90 Å². The number of aryl methyl sites for hydroxylation is 1. The quantitative estimate of drug-likeness (QED) is 0.764. The number of sulfone groups is 1. The highest BCUT2D eigenvalue weighted by Gasteiger charge is 2.34. The molecule has 0 N–H and O–H groups in total. The van der Waals surface area contributed by atoms with Crippen molar-refractivity contribution in [3.8, 4) is 0 Å². The third kappa shape index (κ3) is 4.21. The van der Waals surface area contributed by atoms with Crippen LogP contribution in [0.2, 0.25) is 0 Å². The number of hydrogen-bond donors (Lipinski definition) is 0. The maximum atomic E-state index is 12.9. The van der Waals surface area contributed by atoms with E-state index in [0.29, 0.717) is 31.2 Å². The Bertz CT molecular complexity index is 1020. The van der Waals surface area contributed by atoms with Gasteiger partial charge in [-0.15, -0.1) is 0 Å². The summed E-state index contributed by atoms with van der Waals surface area (Å²) in [6.45, 7) is 9.24. The van der Waals surface area contributed by atoms with E-state index in [0.717, 1.165) is 36.0 Å². The van der Waals surface area contributed by atoms with Crippen LogP contribution in [0.3, 0.4) is 0 Å². The minimum absolute atomic E-state index is 0.109. The van der Waals surface area contributed by atoms with Crippen molar-refractivity contribution < 1.29 is 17.6 Å². The number of hydrogen-bond acceptors (Lipinski definition) is 5. The lowest BCUT2D eigenvalue weighted by molar-refractivity contribution is -0.132. The van der Waals surface area contributed by atoms with Crippen LogP contribution in [0.5, 0.6) is 0 Å². The summed E-state index contributed by atoms with van der Waals surface area (Å²) in [6.07, 6.45) is 2.77. The maximum absolute atomic E-state index is 12.9. The zero-order chi connectivity index (χ0) is 20.8. The summed E-state index contributed by atoms with van der Waals surface area (Å²) < 4.78 is 29.2. The molecule has 29 heavy (non-hydrogen) atoms. The van der Waals surface area contributed by atoms with Gasteiger partial charge in [-0.25, -0.2) is 8.42 Å². The van der Waals surface area contributed by atoms with Gasteiger partial charge < -0.3 is 9.32 Å². The molecule has 0 radical (unpaired) electrons. The van der Waals surface area contributed by atoms with Gasteiger partial charge in [0.1, 0.15) is 5.58 Å². The Labute approximate surface area is 172 Å². The molecule has 0 saturated carbocycles. The largest absolute Gasteiger partial charge is 0.464 e. The predicted octanol–water partition coefficient (Wildman–Crippen LogP) is 2.74. The molecule has 2 aromatic rings. The first-order valence-corrected chi connectivity index (χ1v) is 12.3. The molecule has 1 atom stereocenters. The summed E-state index contributed by atoms with van der Waals surface area (Å²) in [6, 6.07) is 4.35. The van der Waals surface area contributed by atoms with Crippen LogP contribution in [0.15, 0.2) is 22.8 Å². The van der Waals surface area contributed by atoms with Crippen LogP contribution >= 0.6 is 0 Å². The second-order valence-electron chi connectivity index (χ2n) is 8.77. The molecule has 1 aromatic carbocycles. The number of rotatable bonds is 4. The number of nitrogens with zero attached hydrogens (tertiary/aromatic N) is 2. The monoisotopic (exact) mass is 418 g/mol. The summed E-state index contributed by atoms with van der Waals surface area (Å²) in [5.74, 6) is 1.09. The Morgan fingerprint density at radius 1 is 1.21 bits per heavy atom. The second-order valence-corrected chi connectivity index (χ2v) is 11.0. The van der Waals surface area contributed by atoms with Crippen LogP contribution in [-0.4, -0.2) is 67.9 Å². The lowest BCUT2D eigenvalue weighted by Gasteiger charge is -2.37. The van der Waals surface area contributed by atoms with Gasteiger partial charge in [0.2, 0.25) is 5.91 Å². The highest BCUT2D eigenvalue weighted by molar-refractivity contribution is 7.91.